The van der Waals surface area contributed by atoms with E-state index in [1.165, 1.54) is 0 Å². The topological polar surface area (TPSA) is 65.4 Å². The van der Waals surface area contributed by atoms with Gasteiger partial charge in [0, 0.05) is 45.5 Å². The molecule has 0 aliphatic carbocycles. The number of carbonyl (C=O) groups is 1. The van der Waals surface area contributed by atoms with Crippen LogP contribution in [0.5, 0.6) is 0 Å². The number of piperazine rings is 1. The van der Waals surface area contributed by atoms with Gasteiger partial charge in [-0.05, 0) is 13.5 Å². The van der Waals surface area contributed by atoms with Gasteiger partial charge in [-0.1, -0.05) is 0 Å². The highest BCUT2D eigenvalue weighted by Gasteiger charge is 2.20. The van der Waals surface area contributed by atoms with Crippen LogP contribution in [-0.2, 0) is 6.54 Å². The van der Waals surface area contributed by atoms with Crippen molar-refractivity contribution in [2.24, 2.45) is 0 Å². The standard InChI is InChI=1S/C12H20N6O/c1-16-5-7-18(8-6-16)15-11(19)10-9-17-4-2-3-13-12(17)14-10/h9H,2-8H2,1H3,(H,13,14)(H,15,19). The van der Waals surface area contributed by atoms with Gasteiger partial charge in [-0.15, -0.1) is 0 Å². The number of rotatable bonds is 2. The van der Waals surface area contributed by atoms with Crippen LogP contribution in [0.4, 0.5) is 5.95 Å². The lowest BCUT2D eigenvalue weighted by Gasteiger charge is -2.32. The molecule has 104 valence electrons. The second-order valence-electron chi connectivity index (χ2n) is 5.15. The molecule has 1 aromatic rings. The van der Waals surface area contributed by atoms with Gasteiger partial charge in [0.05, 0.1) is 0 Å². The summed E-state index contributed by atoms with van der Waals surface area (Å²) in [7, 11) is 2.09. The van der Waals surface area contributed by atoms with Crippen molar-refractivity contribution in [3.8, 4) is 0 Å². The molecule has 2 aliphatic heterocycles. The molecule has 0 atom stereocenters. The molecular weight excluding hydrogens is 244 g/mol. The molecule has 0 unspecified atom stereocenters. The zero-order chi connectivity index (χ0) is 13.2. The van der Waals surface area contributed by atoms with Crippen LogP contribution < -0.4 is 10.7 Å². The van der Waals surface area contributed by atoms with E-state index in [-0.39, 0.29) is 5.91 Å². The van der Waals surface area contributed by atoms with E-state index >= 15 is 0 Å². The minimum absolute atomic E-state index is 0.117. The highest BCUT2D eigenvalue weighted by molar-refractivity contribution is 5.92. The summed E-state index contributed by atoms with van der Waals surface area (Å²) in [6, 6.07) is 0. The lowest BCUT2D eigenvalue weighted by Crippen LogP contribution is -2.52. The Labute approximate surface area is 112 Å². The van der Waals surface area contributed by atoms with Crippen LogP contribution >= 0.6 is 0 Å². The predicted molar refractivity (Wildman–Crippen MR) is 71.9 cm³/mol. The van der Waals surface area contributed by atoms with Gasteiger partial charge < -0.3 is 14.8 Å². The molecule has 7 heteroatoms. The summed E-state index contributed by atoms with van der Waals surface area (Å²) < 4.78 is 2.00. The number of hydrogen-bond acceptors (Lipinski definition) is 5. The number of amides is 1. The van der Waals surface area contributed by atoms with E-state index in [9.17, 15) is 4.79 Å². The van der Waals surface area contributed by atoms with Gasteiger partial charge >= 0.3 is 0 Å². The maximum Gasteiger partial charge on any atom is 0.285 e. The Morgan fingerprint density at radius 2 is 2.11 bits per heavy atom. The first-order chi connectivity index (χ1) is 9.22. The summed E-state index contributed by atoms with van der Waals surface area (Å²) in [5, 5.41) is 5.17. The fourth-order valence-corrected chi connectivity index (χ4v) is 2.41. The minimum Gasteiger partial charge on any atom is -0.356 e. The molecular formula is C12H20N6O. The maximum absolute atomic E-state index is 12.1. The van der Waals surface area contributed by atoms with E-state index in [2.05, 4.69) is 27.7 Å². The second kappa shape index (κ2) is 5.18. The van der Waals surface area contributed by atoms with Crippen LogP contribution in [0.15, 0.2) is 6.20 Å². The van der Waals surface area contributed by atoms with E-state index in [0.29, 0.717) is 5.69 Å². The first-order valence-corrected chi connectivity index (χ1v) is 6.78. The van der Waals surface area contributed by atoms with Crippen LogP contribution in [0.3, 0.4) is 0 Å². The summed E-state index contributed by atoms with van der Waals surface area (Å²) in [6.45, 7) is 5.51. The van der Waals surface area contributed by atoms with Crippen molar-refractivity contribution in [2.75, 3.05) is 45.1 Å². The molecule has 1 aromatic heterocycles. The van der Waals surface area contributed by atoms with E-state index in [4.69, 9.17) is 0 Å². The maximum atomic E-state index is 12.1. The van der Waals surface area contributed by atoms with Crippen molar-refractivity contribution in [1.29, 1.82) is 0 Å². The number of likely N-dealkylation sites (N-methyl/N-ethyl adjacent to an activating group) is 1. The molecule has 1 amide bonds. The van der Waals surface area contributed by atoms with Gasteiger partial charge in [0.2, 0.25) is 5.95 Å². The molecule has 0 aromatic carbocycles. The summed E-state index contributed by atoms with van der Waals surface area (Å²) in [5.41, 5.74) is 3.42. The largest absolute Gasteiger partial charge is 0.356 e. The van der Waals surface area contributed by atoms with E-state index in [0.717, 1.165) is 51.6 Å². The van der Waals surface area contributed by atoms with Crippen LogP contribution in [0.1, 0.15) is 16.9 Å². The Bertz CT molecular complexity index is 439. The molecule has 1 fully saturated rings. The SMILES string of the molecule is CN1CCN(NC(=O)c2cn3c(n2)NCCC3)CC1. The van der Waals surface area contributed by atoms with Gasteiger partial charge in [-0.2, -0.15) is 0 Å². The van der Waals surface area contributed by atoms with Crippen LogP contribution in [0, 0.1) is 0 Å². The average Bonchev–Trinajstić information content (AvgIpc) is 2.85. The number of imidazole rings is 1. The third-order valence-corrected chi connectivity index (χ3v) is 3.63. The van der Waals surface area contributed by atoms with Crippen LogP contribution in [-0.4, -0.2) is 65.1 Å². The molecule has 19 heavy (non-hydrogen) atoms. The Morgan fingerprint density at radius 1 is 1.32 bits per heavy atom. The number of aromatic nitrogens is 2. The lowest BCUT2D eigenvalue weighted by molar-refractivity contribution is 0.0658. The van der Waals surface area contributed by atoms with Gasteiger partial charge in [0.15, 0.2) is 0 Å². The van der Waals surface area contributed by atoms with Gasteiger partial charge in [-0.25, -0.2) is 9.99 Å². The highest BCUT2D eigenvalue weighted by Crippen LogP contribution is 2.14. The van der Waals surface area contributed by atoms with Gasteiger partial charge in [0.25, 0.3) is 5.91 Å². The van der Waals surface area contributed by atoms with Crippen molar-refractivity contribution >= 4 is 11.9 Å². The number of fused-ring (bicyclic) bond motifs is 1. The molecule has 0 bridgehead atoms. The van der Waals surface area contributed by atoms with Gasteiger partial charge in [0.1, 0.15) is 5.69 Å². The third-order valence-electron chi connectivity index (χ3n) is 3.63. The molecule has 2 aliphatic rings. The third kappa shape index (κ3) is 2.71. The molecule has 1 saturated heterocycles. The second-order valence-corrected chi connectivity index (χ2v) is 5.15. The quantitative estimate of drug-likeness (QED) is 0.760. The molecule has 0 saturated carbocycles. The first-order valence-electron chi connectivity index (χ1n) is 6.78. The zero-order valence-electron chi connectivity index (χ0n) is 11.2. The fraction of sp³-hybridized carbons (Fsp3) is 0.667. The normalized spacial score (nSPS) is 20.7. The van der Waals surface area contributed by atoms with Crippen molar-refractivity contribution in [2.45, 2.75) is 13.0 Å². The van der Waals surface area contributed by atoms with E-state index in [1.54, 1.807) is 0 Å². The number of nitrogens with one attached hydrogen (secondary N) is 2. The summed E-state index contributed by atoms with van der Waals surface area (Å²) in [6.07, 6.45) is 2.90. The zero-order valence-corrected chi connectivity index (χ0v) is 11.2. The number of hydrogen-bond donors (Lipinski definition) is 2. The number of aryl methyl sites for hydroxylation is 1. The first kappa shape index (κ1) is 12.4. The van der Waals surface area contributed by atoms with Crippen molar-refractivity contribution in [1.82, 2.24) is 24.9 Å². The molecule has 3 rings (SSSR count). The van der Waals surface area contributed by atoms with E-state index < -0.39 is 0 Å². The van der Waals surface area contributed by atoms with Crippen LogP contribution in [0.2, 0.25) is 0 Å². The van der Waals surface area contributed by atoms with Crippen LogP contribution in [0.25, 0.3) is 0 Å². The average molecular weight is 264 g/mol. The summed E-state index contributed by atoms with van der Waals surface area (Å²) in [4.78, 5) is 18.7. The fourth-order valence-electron chi connectivity index (χ4n) is 2.41. The van der Waals surface area contributed by atoms with Crippen molar-refractivity contribution in [3.63, 3.8) is 0 Å². The predicted octanol–water partition coefficient (Wildman–Crippen LogP) is -0.409. The highest BCUT2D eigenvalue weighted by atomic mass is 16.2. The number of anilines is 1. The number of carbonyl (C=O) groups excluding carboxylic acids is 1. The van der Waals surface area contributed by atoms with Crippen molar-refractivity contribution in [3.05, 3.63) is 11.9 Å². The molecule has 2 N–H and O–H groups in total. The lowest BCUT2D eigenvalue weighted by atomic mass is 10.4. The Balaban J connectivity index is 1.62. The van der Waals surface area contributed by atoms with E-state index in [1.807, 2.05) is 15.8 Å². The molecule has 0 radical (unpaired) electrons. The van der Waals surface area contributed by atoms with Gasteiger partial charge in [-0.3, -0.25) is 10.2 Å². The van der Waals surface area contributed by atoms with Crippen molar-refractivity contribution < 1.29 is 4.79 Å². The Morgan fingerprint density at radius 3 is 2.84 bits per heavy atom. The molecule has 7 nitrogen and oxygen atoms in total. The summed E-state index contributed by atoms with van der Waals surface area (Å²) in [5.74, 6) is 0.683. The molecule has 0 spiro atoms. The monoisotopic (exact) mass is 264 g/mol. The molecule has 3 heterocycles. The minimum atomic E-state index is -0.117. The number of hydrazine groups is 1. The number of nitrogens with zero attached hydrogens (tertiary/aromatic N) is 4. The Hall–Kier alpha value is -1.60. The smallest absolute Gasteiger partial charge is 0.285 e. The Kier molecular flexibility index (Phi) is 3.39. The summed E-state index contributed by atoms with van der Waals surface area (Å²) >= 11 is 0.